The quantitative estimate of drug-likeness (QED) is 0.374. The molecule has 0 radical (unpaired) electrons. The van der Waals surface area contributed by atoms with Gasteiger partial charge in [-0.25, -0.2) is 14.3 Å². The number of fused-ring (bicyclic) bond motifs is 6. The molecule has 0 atom stereocenters. The molecule has 5 heterocycles. The zero-order valence-corrected chi connectivity index (χ0v) is 23.6. The number of carbonyl (C=O) groups excluding carboxylic acids is 1. The monoisotopic (exact) mass is 551 g/mol. The zero-order chi connectivity index (χ0) is 28.3. The van der Waals surface area contributed by atoms with Crippen molar-refractivity contribution in [1.82, 2.24) is 24.2 Å². The van der Waals surface area contributed by atoms with Crippen LogP contribution < -0.4 is 20.5 Å². The number of likely N-dealkylation sites (N-methyl/N-ethyl adjacent to an activating group) is 1. The lowest BCUT2D eigenvalue weighted by atomic mass is 9.78. The maximum Gasteiger partial charge on any atom is 0.278 e. The van der Waals surface area contributed by atoms with E-state index < -0.39 is 0 Å². The summed E-state index contributed by atoms with van der Waals surface area (Å²) in [7, 11) is 2.14. The third-order valence-electron chi connectivity index (χ3n) is 8.20. The molecule has 2 aromatic carbocycles. The van der Waals surface area contributed by atoms with Crippen molar-refractivity contribution < 1.29 is 9.53 Å². The first kappa shape index (κ1) is 25.5. The van der Waals surface area contributed by atoms with Crippen molar-refractivity contribution in [3.05, 3.63) is 76.2 Å². The van der Waals surface area contributed by atoms with E-state index in [2.05, 4.69) is 60.4 Å². The van der Waals surface area contributed by atoms with Gasteiger partial charge in [0.25, 0.3) is 11.5 Å². The van der Waals surface area contributed by atoms with Crippen LogP contribution in [-0.4, -0.2) is 56.9 Å². The summed E-state index contributed by atoms with van der Waals surface area (Å²) < 4.78 is 9.20. The Kier molecular flexibility index (Phi) is 5.97. The lowest BCUT2D eigenvalue weighted by Crippen LogP contribution is -2.39. The van der Waals surface area contributed by atoms with Crippen molar-refractivity contribution >= 4 is 34.3 Å². The van der Waals surface area contributed by atoms with Gasteiger partial charge in [0.2, 0.25) is 5.95 Å². The summed E-state index contributed by atoms with van der Waals surface area (Å²) in [6.07, 6.45) is 7.27. The second-order valence-corrected chi connectivity index (χ2v) is 11.8. The first-order valence-electron chi connectivity index (χ1n) is 14.1. The Balaban J connectivity index is 1.34. The summed E-state index contributed by atoms with van der Waals surface area (Å²) in [5.74, 6) is 0.991. The molecule has 3 aliphatic rings. The number of rotatable bonds is 2. The van der Waals surface area contributed by atoms with E-state index in [4.69, 9.17) is 9.72 Å². The fourth-order valence-electron chi connectivity index (χ4n) is 6.44. The SMILES string of the molecule is CN1Cc2cc(Nc3ncc4c(=O)n5n(c4n3)-c3ccc4c(c3)N(CCC/C=C\C5)C(=O)CO4)ccc2C(C)(C)C1. The third-order valence-corrected chi connectivity index (χ3v) is 8.20. The normalized spacial score (nSPS) is 19.0. The van der Waals surface area contributed by atoms with Gasteiger partial charge in [-0.2, -0.15) is 4.98 Å². The molecule has 10 heteroatoms. The van der Waals surface area contributed by atoms with Crippen molar-refractivity contribution in [2.75, 3.05) is 37.0 Å². The minimum Gasteiger partial charge on any atom is -0.482 e. The minimum absolute atomic E-state index is 0.0259. The van der Waals surface area contributed by atoms with Crippen molar-refractivity contribution in [2.45, 2.75) is 45.2 Å². The fourth-order valence-corrected chi connectivity index (χ4v) is 6.44. The Hall–Kier alpha value is -4.44. The number of carbonyl (C=O) groups is 1. The first-order chi connectivity index (χ1) is 19.8. The number of hydrogen-bond donors (Lipinski definition) is 1. The van der Waals surface area contributed by atoms with Crippen LogP contribution in [0, 0.1) is 0 Å². The summed E-state index contributed by atoms with van der Waals surface area (Å²) in [4.78, 5) is 39.8. The second-order valence-electron chi connectivity index (χ2n) is 11.8. The van der Waals surface area contributed by atoms with Gasteiger partial charge >= 0.3 is 0 Å². The van der Waals surface area contributed by atoms with E-state index in [1.807, 2.05) is 29.0 Å². The molecule has 0 unspecified atom stereocenters. The van der Waals surface area contributed by atoms with Crippen LogP contribution in [0.3, 0.4) is 0 Å². The van der Waals surface area contributed by atoms with Crippen molar-refractivity contribution in [2.24, 2.45) is 0 Å². The van der Waals surface area contributed by atoms with Crippen LogP contribution in [0.4, 0.5) is 17.3 Å². The van der Waals surface area contributed by atoms with Crippen molar-refractivity contribution in [3.8, 4) is 11.4 Å². The molecule has 210 valence electrons. The highest BCUT2D eigenvalue weighted by Gasteiger charge is 2.30. The molecule has 0 saturated carbocycles. The number of nitrogens with one attached hydrogen (secondary N) is 1. The van der Waals surface area contributed by atoms with Crippen molar-refractivity contribution in [1.29, 1.82) is 0 Å². The number of hydrogen-bond acceptors (Lipinski definition) is 7. The molecular formula is C31H33N7O3. The number of amides is 1. The van der Waals surface area contributed by atoms with Crippen LogP contribution in [0.2, 0.25) is 0 Å². The Morgan fingerprint density at radius 2 is 1.95 bits per heavy atom. The largest absolute Gasteiger partial charge is 0.482 e. The number of ether oxygens (including phenoxy) is 1. The van der Waals surface area contributed by atoms with E-state index in [-0.39, 0.29) is 23.5 Å². The first-order valence-corrected chi connectivity index (χ1v) is 14.1. The summed E-state index contributed by atoms with van der Waals surface area (Å²) in [5.41, 5.74) is 5.35. The summed E-state index contributed by atoms with van der Waals surface area (Å²) in [5, 5.41) is 3.79. The Morgan fingerprint density at radius 1 is 1.07 bits per heavy atom. The lowest BCUT2D eigenvalue weighted by molar-refractivity contribution is -0.121. The van der Waals surface area contributed by atoms with Gasteiger partial charge in [0, 0.05) is 36.9 Å². The van der Waals surface area contributed by atoms with Gasteiger partial charge in [0.1, 0.15) is 11.1 Å². The molecule has 2 aromatic heterocycles. The Bertz CT molecular complexity index is 1780. The van der Waals surface area contributed by atoms with E-state index in [1.54, 1.807) is 15.8 Å². The molecule has 0 aliphatic carbocycles. The maximum atomic E-state index is 13.6. The van der Waals surface area contributed by atoms with Crippen LogP contribution in [-0.2, 0) is 23.3 Å². The number of allylic oxidation sites excluding steroid dienone is 2. The number of benzene rings is 2. The van der Waals surface area contributed by atoms with Crippen LogP contribution in [0.1, 0.15) is 37.8 Å². The van der Waals surface area contributed by atoms with Gasteiger partial charge in [-0.05, 0) is 61.3 Å². The van der Waals surface area contributed by atoms with Crippen LogP contribution in [0.5, 0.6) is 5.75 Å². The zero-order valence-electron chi connectivity index (χ0n) is 23.6. The van der Waals surface area contributed by atoms with E-state index in [0.717, 1.165) is 37.3 Å². The van der Waals surface area contributed by atoms with Gasteiger partial charge < -0.3 is 19.9 Å². The standard InChI is InChI=1S/C31H33N7O3/c1-31(2)19-35(3)17-20-14-21(8-10-24(20)31)33-30-32-16-23-28(34-30)38-22-9-11-26-25(15-22)36(27(39)18-41-26)12-6-4-5-7-13-37(38)29(23)40/h5,7-11,14-16H,4,6,12-13,17-19H2,1-3H3,(H,32,33,34)/b7-5-. The van der Waals surface area contributed by atoms with Gasteiger partial charge in [-0.1, -0.05) is 32.1 Å². The highest BCUT2D eigenvalue weighted by atomic mass is 16.5. The average Bonchev–Trinajstić information content (AvgIpc) is 3.20. The van der Waals surface area contributed by atoms with Crippen molar-refractivity contribution in [3.63, 3.8) is 0 Å². The molecule has 1 N–H and O–H groups in total. The molecule has 41 heavy (non-hydrogen) atoms. The molecule has 0 spiro atoms. The highest BCUT2D eigenvalue weighted by Crippen LogP contribution is 2.36. The van der Waals surface area contributed by atoms with Crippen LogP contribution >= 0.6 is 0 Å². The molecule has 10 nitrogen and oxygen atoms in total. The molecular weight excluding hydrogens is 518 g/mol. The molecule has 2 bridgehead atoms. The van der Waals surface area contributed by atoms with Crippen LogP contribution in [0.15, 0.2) is 59.5 Å². The average molecular weight is 552 g/mol. The molecule has 3 aliphatic heterocycles. The smallest absolute Gasteiger partial charge is 0.278 e. The van der Waals surface area contributed by atoms with E-state index in [9.17, 15) is 9.59 Å². The second kappa shape index (κ2) is 9.59. The summed E-state index contributed by atoms with van der Waals surface area (Å²) >= 11 is 0. The van der Waals surface area contributed by atoms with Crippen LogP contribution in [0.25, 0.3) is 16.7 Å². The van der Waals surface area contributed by atoms with Gasteiger partial charge in [-0.3, -0.25) is 9.59 Å². The summed E-state index contributed by atoms with van der Waals surface area (Å²) in [6.45, 7) is 7.46. The van der Waals surface area contributed by atoms with Gasteiger partial charge in [0.05, 0.1) is 17.9 Å². The van der Waals surface area contributed by atoms with E-state index in [0.29, 0.717) is 41.5 Å². The molecule has 1 amide bonds. The highest BCUT2D eigenvalue weighted by molar-refractivity contribution is 5.98. The van der Waals surface area contributed by atoms with E-state index in [1.165, 1.54) is 11.1 Å². The lowest BCUT2D eigenvalue weighted by Gasteiger charge is -2.38. The fraction of sp³-hybridized carbons (Fsp3) is 0.355. The molecule has 0 saturated heterocycles. The Labute approximate surface area is 237 Å². The molecule has 7 rings (SSSR count). The molecule has 0 fully saturated rings. The third kappa shape index (κ3) is 4.39. The number of aromatic nitrogens is 4. The number of nitrogens with zero attached hydrogens (tertiary/aromatic N) is 6. The maximum absolute atomic E-state index is 13.6. The van der Waals surface area contributed by atoms with Gasteiger partial charge in [-0.15, -0.1) is 0 Å². The predicted octanol–water partition coefficient (Wildman–Crippen LogP) is 4.12. The van der Waals surface area contributed by atoms with Gasteiger partial charge in [0.15, 0.2) is 12.3 Å². The molecule has 4 aromatic rings. The predicted molar refractivity (Wildman–Crippen MR) is 158 cm³/mol. The number of anilines is 3. The minimum atomic E-state index is -0.172. The van der Waals surface area contributed by atoms with E-state index >= 15 is 0 Å². The Morgan fingerprint density at radius 3 is 2.83 bits per heavy atom. The topological polar surface area (TPSA) is 97.5 Å². The summed E-state index contributed by atoms with van der Waals surface area (Å²) in [6, 6.07) is 12.1.